The van der Waals surface area contributed by atoms with Gasteiger partial charge in [0.1, 0.15) is 0 Å². The number of aryl methyl sites for hydroxylation is 1. The second-order valence-corrected chi connectivity index (χ2v) is 5.06. The van der Waals surface area contributed by atoms with Crippen molar-refractivity contribution in [2.45, 2.75) is 39.2 Å². The van der Waals surface area contributed by atoms with E-state index in [1.807, 2.05) is 0 Å². The Morgan fingerprint density at radius 3 is 2.53 bits per heavy atom. The molecule has 4 heteroatoms. The fourth-order valence-electron chi connectivity index (χ4n) is 2.38. The Balaban J connectivity index is 0.00000180. The lowest BCUT2D eigenvalue weighted by Crippen LogP contribution is -2.38. The number of nitrogens with zero attached hydrogens (tertiary/aromatic N) is 2. The van der Waals surface area contributed by atoms with Gasteiger partial charge < -0.3 is 10.6 Å². The molecule has 3 nitrogen and oxygen atoms in total. The van der Waals surface area contributed by atoms with Crippen LogP contribution < -0.4 is 5.73 Å². The third-order valence-corrected chi connectivity index (χ3v) is 3.44. The molecular weight excluding hydrogens is 349 g/mol. The number of benzene rings is 1. The van der Waals surface area contributed by atoms with Crippen LogP contribution >= 0.6 is 24.0 Å². The van der Waals surface area contributed by atoms with Gasteiger partial charge >= 0.3 is 0 Å². The quantitative estimate of drug-likeness (QED) is 0.491. The molecule has 1 heterocycles. The summed E-state index contributed by atoms with van der Waals surface area (Å²) in [6.07, 6.45) is 5.12. The normalized spacial score (nSPS) is 16.7. The SMILES string of the molecule is Cc1cccc(CN=C(N)N2CCCCCC2)c1.I. The van der Waals surface area contributed by atoms with Crippen LogP contribution in [0.3, 0.4) is 0 Å². The van der Waals surface area contributed by atoms with Gasteiger partial charge in [-0.15, -0.1) is 24.0 Å². The summed E-state index contributed by atoms with van der Waals surface area (Å²) in [5.41, 5.74) is 8.58. The van der Waals surface area contributed by atoms with Gasteiger partial charge in [-0.2, -0.15) is 0 Å². The van der Waals surface area contributed by atoms with E-state index in [2.05, 4.69) is 41.1 Å². The Morgan fingerprint density at radius 1 is 1.21 bits per heavy atom. The molecule has 0 bridgehead atoms. The molecule has 1 aliphatic rings. The molecule has 1 fully saturated rings. The highest BCUT2D eigenvalue weighted by molar-refractivity contribution is 14.0. The summed E-state index contributed by atoms with van der Waals surface area (Å²) < 4.78 is 0. The zero-order valence-corrected chi connectivity index (χ0v) is 14.0. The fourth-order valence-corrected chi connectivity index (χ4v) is 2.38. The predicted octanol–water partition coefficient (Wildman–Crippen LogP) is 3.30. The van der Waals surface area contributed by atoms with Gasteiger partial charge in [-0.25, -0.2) is 4.99 Å². The fraction of sp³-hybridized carbons (Fsp3) is 0.533. The van der Waals surface area contributed by atoms with Crippen LogP contribution in [-0.2, 0) is 6.54 Å². The zero-order chi connectivity index (χ0) is 12.8. The number of nitrogens with two attached hydrogens (primary N) is 1. The highest BCUT2D eigenvalue weighted by atomic mass is 127. The maximum Gasteiger partial charge on any atom is 0.191 e. The van der Waals surface area contributed by atoms with E-state index in [4.69, 9.17) is 5.73 Å². The van der Waals surface area contributed by atoms with E-state index in [-0.39, 0.29) is 24.0 Å². The average molecular weight is 373 g/mol. The Bertz CT molecular complexity index is 410. The average Bonchev–Trinajstić information content (AvgIpc) is 2.65. The number of aliphatic imine (C=N–C) groups is 1. The highest BCUT2D eigenvalue weighted by Gasteiger charge is 2.10. The number of guanidine groups is 1. The number of hydrogen-bond acceptors (Lipinski definition) is 1. The molecule has 0 atom stereocenters. The maximum absolute atomic E-state index is 6.08. The standard InChI is InChI=1S/C15H23N3.HI/c1-13-7-6-8-14(11-13)12-17-15(16)18-9-4-2-3-5-10-18;/h6-8,11H,2-5,9-10,12H2,1H3,(H2,16,17);1H. The van der Waals surface area contributed by atoms with Crippen molar-refractivity contribution in [2.75, 3.05) is 13.1 Å². The summed E-state index contributed by atoms with van der Waals surface area (Å²) in [7, 11) is 0. The summed E-state index contributed by atoms with van der Waals surface area (Å²) in [6, 6.07) is 8.44. The summed E-state index contributed by atoms with van der Waals surface area (Å²) in [4.78, 5) is 6.75. The predicted molar refractivity (Wildman–Crippen MR) is 92.0 cm³/mol. The Hall–Kier alpha value is -0.780. The molecule has 1 aliphatic heterocycles. The number of halogens is 1. The molecule has 106 valence electrons. The summed E-state index contributed by atoms with van der Waals surface area (Å²) in [5.74, 6) is 0.707. The molecule has 0 amide bonds. The molecule has 1 aromatic rings. The van der Waals surface area contributed by atoms with Crippen molar-refractivity contribution in [2.24, 2.45) is 10.7 Å². The van der Waals surface area contributed by atoms with Gasteiger partial charge in [-0.1, -0.05) is 42.7 Å². The van der Waals surface area contributed by atoms with Crippen LogP contribution in [0.1, 0.15) is 36.8 Å². The van der Waals surface area contributed by atoms with Crippen LogP contribution in [0.2, 0.25) is 0 Å². The Kier molecular flexibility index (Phi) is 7.20. The first-order valence-electron chi connectivity index (χ1n) is 6.86. The monoisotopic (exact) mass is 373 g/mol. The van der Waals surface area contributed by atoms with Crippen molar-refractivity contribution in [3.8, 4) is 0 Å². The molecule has 0 saturated carbocycles. The van der Waals surface area contributed by atoms with Crippen LogP contribution in [-0.4, -0.2) is 23.9 Å². The first-order valence-corrected chi connectivity index (χ1v) is 6.86. The molecule has 2 rings (SSSR count). The molecule has 1 saturated heterocycles. The molecule has 0 aliphatic carbocycles. The van der Waals surface area contributed by atoms with E-state index in [0.29, 0.717) is 12.5 Å². The molecule has 0 unspecified atom stereocenters. The molecule has 19 heavy (non-hydrogen) atoms. The van der Waals surface area contributed by atoms with Gasteiger partial charge in [-0.3, -0.25) is 0 Å². The van der Waals surface area contributed by atoms with E-state index in [0.717, 1.165) is 13.1 Å². The van der Waals surface area contributed by atoms with Crippen LogP contribution in [0, 0.1) is 6.92 Å². The van der Waals surface area contributed by atoms with Crippen molar-refractivity contribution in [3.05, 3.63) is 35.4 Å². The number of rotatable bonds is 2. The van der Waals surface area contributed by atoms with Crippen LogP contribution in [0.25, 0.3) is 0 Å². The highest BCUT2D eigenvalue weighted by Crippen LogP contribution is 2.10. The second kappa shape index (κ2) is 8.40. The molecule has 1 aromatic carbocycles. The molecule has 0 aromatic heterocycles. The van der Waals surface area contributed by atoms with E-state index in [1.54, 1.807) is 0 Å². The second-order valence-electron chi connectivity index (χ2n) is 5.06. The van der Waals surface area contributed by atoms with Crippen molar-refractivity contribution < 1.29 is 0 Å². The summed E-state index contributed by atoms with van der Waals surface area (Å²) >= 11 is 0. The van der Waals surface area contributed by atoms with E-state index >= 15 is 0 Å². The lowest BCUT2D eigenvalue weighted by atomic mass is 10.1. The third kappa shape index (κ3) is 5.38. The van der Waals surface area contributed by atoms with Gasteiger partial charge in [0.25, 0.3) is 0 Å². The molecule has 0 radical (unpaired) electrons. The smallest absolute Gasteiger partial charge is 0.191 e. The number of hydrogen-bond donors (Lipinski definition) is 1. The minimum atomic E-state index is 0. The van der Waals surface area contributed by atoms with Gasteiger partial charge in [0.05, 0.1) is 6.54 Å². The van der Waals surface area contributed by atoms with Gasteiger partial charge in [0, 0.05) is 13.1 Å². The van der Waals surface area contributed by atoms with Crippen molar-refractivity contribution in [3.63, 3.8) is 0 Å². The maximum atomic E-state index is 6.08. The van der Waals surface area contributed by atoms with Crippen molar-refractivity contribution >= 4 is 29.9 Å². The Labute approximate surface area is 133 Å². The van der Waals surface area contributed by atoms with Crippen LogP contribution in [0.5, 0.6) is 0 Å². The first kappa shape index (κ1) is 16.3. The largest absolute Gasteiger partial charge is 0.370 e. The molecule has 0 spiro atoms. The van der Waals surface area contributed by atoms with E-state index in [9.17, 15) is 0 Å². The minimum Gasteiger partial charge on any atom is -0.370 e. The van der Waals surface area contributed by atoms with Crippen molar-refractivity contribution in [1.29, 1.82) is 0 Å². The molecular formula is C15H24IN3. The lowest BCUT2D eigenvalue weighted by Gasteiger charge is -2.21. The first-order chi connectivity index (χ1) is 8.75. The third-order valence-electron chi connectivity index (χ3n) is 3.44. The van der Waals surface area contributed by atoms with Crippen LogP contribution in [0.15, 0.2) is 29.3 Å². The number of likely N-dealkylation sites (tertiary alicyclic amines) is 1. The van der Waals surface area contributed by atoms with Gasteiger partial charge in [0.15, 0.2) is 5.96 Å². The summed E-state index contributed by atoms with van der Waals surface area (Å²) in [6.45, 7) is 4.90. The van der Waals surface area contributed by atoms with Crippen molar-refractivity contribution in [1.82, 2.24) is 4.90 Å². The summed E-state index contributed by atoms with van der Waals surface area (Å²) in [5, 5.41) is 0. The lowest BCUT2D eigenvalue weighted by molar-refractivity contribution is 0.428. The van der Waals surface area contributed by atoms with Gasteiger partial charge in [-0.05, 0) is 25.3 Å². The molecule has 2 N–H and O–H groups in total. The zero-order valence-electron chi connectivity index (χ0n) is 11.6. The topological polar surface area (TPSA) is 41.6 Å². The van der Waals surface area contributed by atoms with Crippen LogP contribution in [0.4, 0.5) is 0 Å². The minimum absolute atomic E-state index is 0. The Morgan fingerprint density at radius 2 is 1.89 bits per heavy atom. The van der Waals surface area contributed by atoms with E-state index < -0.39 is 0 Å². The van der Waals surface area contributed by atoms with E-state index in [1.165, 1.54) is 36.8 Å². The van der Waals surface area contributed by atoms with Gasteiger partial charge in [0.2, 0.25) is 0 Å².